The maximum Gasteiger partial charge on any atom is 0.254 e. The zero-order valence-corrected chi connectivity index (χ0v) is 15.2. The van der Waals surface area contributed by atoms with E-state index in [-0.39, 0.29) is 11.8 Å². The van der Waals surface area contributed by atoms with Crippen LogP contribution in [0, 0.1) is 13.8 Å². The first-order valence-electron chi connectivity index (χ1n) is 8.99. The van der Waals surface area contributed by atoms with Gasteiger partial charge in [0.15, 0.2) is 0 Å². The van der Waals surface area contributed by atoms with Crippen molar-refractivity contribution in [2.45, 2.75) is 13.8 Å². The van der Waals surface area contributed by atoms with Crippen molar-refractivity contribution in [3.8, 4) is 0 Å². The Morgan fingerprint density at radius 3 is 2.28 bits per heavy atom. The fourth-order valence-electron chi connectivity index (χ4n) is 3.36. The van der Waals surface area contributed by atoms with Gasteiger partial charge in [-0.05, 0) is 31.0 Å². The maximum absolute atomic E-state index is 12.8. The van der Waals surface area contributed by atoms with Crippen LogP contribution in [0.25, 0.3) is 0 Å². The molecule has 25 heavy (non-hydrogen) atoms. The Bertz CT molecular complexity index is 633. The summed E-state index contributed by atoms with van der Waals surface area (Å²) in [6, 6.07) is 5.84. The van der Waals surface area contributed by atoms with Crippen LogP contribution in [0.4, 0.5) is 0 Å². The Kier molecular flexibility index (Phi) is 5.71. The number of ether oxygens (including phenoxy) is 1. The van der Waals surface area contributed by atoms with E-state index in [1.165, 1.54) is 0 Å². The Morgan fingerprint density at radius 1 is 0.960 bits per heavy atom. The summed E-state index contributed by atoms with van der Waals surface area (Å²) >= 11 is 0. The van der Waals surface area contributed by atoms with Crippen LogP contribution in [-0.4, -0.2) is 85.5 Å². The van der Waals surface area contributed by atoms with E-state index in [0.29, 0.717) is 45.9 Å². The molecule has 0 unspecified atom stereocenters. The fraction of sp³-hybridized carbons (Fsp3) is 0.579. The van der Waals surface area contributed by atoms with Crippen molar-refractivity contribution in [2.24, 2.45) is 0 Å². The molecule has 3 rings (SSSR count). The molecule has 0 aromatic heterocycles. The molecule has 2 aliphatic heterocycles. The molecule has 2 saturated heterocycles. The standard InChI is InChI=1S/C19H27N3O3/c1-15-4-3-5-17(16(15)2)19(24)22-8-6-21(7-9-22)18(23)14-20-10-12-25-13-11-20/h3-5H,6-14H2,1-2H3. The van der Waals surface area contributed by atoms with Crippen molar-refractivity contribution >= 4 is 11.8 Å². The van der Waals surface area contributed by atoms with Gasteiger partial charge in [-0.25, -0.2) is 0 Å². The van der Waals surface area contributed by atoms with Gasteiger partial charge in [-0.3, -0.25) is 14.5 Å². The molecule has 0 N–H and O–H groups in total. The van der Waals surface area contributed by atoms with Crippen LogP contribution in [0.1, 0.15) is 21.5 Å². The van der Waals surface area contributed by atoms with Gasteiger partial charge >= 0.3 is 0 Å². The molecule has 0 atom stereocenters. The van der Waals surface area contributed by atoms with Gasteiger partial charge in [-0.1, -0.05) is 12.1 Å². The van der Waals surface area contributed by atoms with Gasteiger partial charge in [0.1, 0.15) is 0 Å². The first-order valence-corrected chi connectivity index (χ1v) is 8.99. The number of benzene rings is 1. The Hall–Kier alpha value is -1.92. The van der Waals surface area contributed by atoms with Crippen molar-refractivity contribution in [3.05, 3.63) is 34.9 Å². The van der Waals surface area contributed by atoms with Crippen molar-refractivity contribution in [1.82, 2.24) is 14.7 Å². The van der Waals surface area contributed by atoms with Crippen molar-refractivity contribution < 1.29 is 14.3 Å². The minimum atomic E-state index is 0.0708. The third-order valence-corrected chi connectivity index (χ3v) is 5.22. The Labute approximate surface area is 149 Å². The first kappa shape index (κ1) is 17.9. The highest BCUT2D eigenvalue weighted by Crippen LogP contribution is 2.16. The van der Waals surface area contributed by atoms with Gasteiger partial charge in [-0.2, -0.15) is 0 Å². The average Bonchev–Trinajstić information content (AvgIpc) is 2.64. The van der Waals surface area contributed by atoms with E-state index in [9.17, 15) is 9.59 Å². The van der Waals surface area contributed by atoms with Crippen LogP contribution in [-0.2, 0) is 9.53 Å². The number of piperazine rings is 1. The summed E-state index contributed by atoms with van der Waals surface area (Å²) in [5.74, 6) is 0.224. The van der Waals surface area contributed by atoms with Gasteiger partial charge < -0.3 is 14.5 Å². The first-order chi connectivity index (χ1) is 12.1. The number of rotatable bonds is 3. The predicted octanol–water partition coefficient (Wildman–Crippen LogP) is 0.920. The molecule has 2 amide bonds. The average molecular weight is 345 g/mol. The zero-order chi connectivity index (χ0) is 17.8. The van der Waals surface area contributed by atoms with Gasteiger partial charge in [-0.15, -0.1) is 0 Å². The van der Waals surface area contributed by atoms with E-state index in [0.717, 1.165) is 29.8 Å². The van der Waals surface area contributed by atoms with Crippen LogP contribution < -0.4 is 0 Å². The summed E-state index contributed by atoms with van der Waals surface area (Å²) in [5.41, 5.74) is 2.94. The molecule has 2 aliphatic rings. The summed E-state index contributed by atoms with van der Waals surface area (Å²) in [6.45, 7) is 9.92. The largest absolute Gasteiger partial charge is 0.379 e. The summed E-state index contributed by atoms with van der Waals surface area (Å²) in [5, 5.41) is 0. The molecule has 0 aliphatic carbocycles. The van der Waals surface area contributed by atoms with Crippen LogP contribution in [0.3, 0.4) is 0 Å². The number of carbonyl (C=O) groups excluding carboxylic acids is 2. The normalized spacial score (nSPS) is 19.1. The number of aryl methyl sites for hydroxylation is 1. The molecule has 1 aromatic carbocycles. The molecule has 2 heterocycles. The van der Waals surface area contributed by atoms with E-state index in [1.54, 1.807) is 0 Å². The second-order valence-electron chi connectivity index (χ2n) is 6.81. The molecular weight excluding hydrogens is 318 g/mol. The van der Waals surface area contributed by atoms with Gasteiger partial charge in [0.2, 0.25) is 5.91 Å². The summed E-state index contributed by atoms with van der Waals surface area (Å²) < 4.78 is 5.32. The highest BCUT2D eigenvalue weighted by Gasteiger charge is 2.26. The third-order valence-electron chi connectivity index (χ3n) is 5.22. The molecule has 1 aromatic rings. The number of amides is 2. The summed E-state index contributed by atoms with van der Waals surface area (Å²) in [6.07, 6.45) is 0. The van der Waals surface area contributed by atoms with Crippen molar-refractivity contribution in [2.75, 3.05) is 59.0 Å². The number of carbonyl (C=O) groups is 2. The zero-order valence-electron chi connectivity index (χ0n) is 15.2. The molecule has 0 bridgehead atoms. The molecule has 6 heteroatoms. The van der Waals surface area contributed by atoms with Crippen LogP contribution in [0.2, 0.25) is 0 Å². The lowest BCUT2D eigenvalue weighted by Crippen LogP contribution is -2.53. The Morgan fingerprint density at radius 2 is 1.60 bits per heavy atom. The van der Waals surface area contributed by atoms with E-state index in [2.05, 4.69) is 4.90 Å². The lowest BCUT2D eigenvalue weighted by atomic mass is 10.0. The van der Waals surface area contributed by atoms with Gasteiger partial charge in [0, 0.05) is 44.8 Å². The quantitative estimate of drug-likeness (QED) is 0.818. The van der Waals surface area contributed by atoms with Crippen LogP contribution >= 0.6 is 0 Å². The predicted molar refractivity (Wildman–Crippen MR) is 95.7 cm³/mol. The summed E-state index contributed by atoms with van der Waals surface area (Å²) in [4.78, 5) is 31.1. The van der Waals surface area contributed by atoms with E-state index >= 15 is 0 Å². The SMILES string of the molecule is Cc1cccc(C(=O)N2CCN(C(=O)CN3CCOCC3)CC2)c1C. The topological polar surface area (TPSA) is 53.1 Å². The molecule has 2 fully saturated rings. The molecule has 0 saturated carbocycles. The van der Waals surface area contributed by atoms with Crippen LogP contribution in [0.5, 0.6) is 0 Å². The number of nitrogens with zero attached hydrogens (tertiary/aromatic N) is 3. The molecule has 136 valence electrons. The molecule has 6 nitrogen and oxygen atoms in total. The highest BCUT2D eigenvalue weighted by atomic mass is 16.5. The Balaban J connectivity index is 1.53. The highest BCUT2D eigenvalue weighted by molar-refractivity contribution is 5.96. The van der Waals surface area contributed by atoms with Crippen LogP contribution in [0.15, 0.2) is 18.2 Å². The van der Waals surface area contributed by atoms with E-state index in [4.69, 9.17) is 4.74 Å². The lowest BCUT2D eigenvalue weighted by molar-refractivity contribution is -0.134. The number of morpholine rings is 1. The van der Waals surface area contributed by atoms with E-state index < -0.39 is 0 Å². The maximum atomic E-state index is 12.8. The fourth-order valence-corrected chi connectivity index (χ4v) is 3.36. The summed E-state index contributed by atoms with van der Waals surface area (Å²) in [7, 11) is 0. The second-order valence-corrected chi connectivity index (χ2v) is 6.81. The van der Waals surface area contributed by atoms with Crippen molar-refractivity contribution in [1.29, 1.82) is 0 Å². The molecule has 0 spiro atoms. The molecular formula is C19H27N3O3. The monoisotopic (exact) mass is 345 g/mol. The smallest absolute Gasteiger partial charge is 0.254 e. The molecule has 0 radical (unpaired) electrons. The van der Waals surface area contributed by atoms with Gasteiger partial charge in [0.25, 0.3) is 5.91 Å². The minimum absolute atomic E-state index is 0.0708. The number of hydrogen-bond donors (Lipinski definition) is 0. The second kappa shape index (κ2) is 7.97. The van der Waals surface area contributed by atoms with Crippen molar-refractivity contribution in [3.63, 3.8) is 0 Å². The van der Waals surface area contributed by atoms with E-state index in [1.807, 2.05) is 41.8 Å². The van der Waals surface area contributed by atoms with Gasteiger partial charge in [0.05, 0.1) is 19.8 Å². The lowest BCUT2D eigenvalue weighted by Gasteiger charge is -2.36. The minimum Gasteiger partial charge on any atom is -0.379 e. The third kappa shape index (κ3) is 4.19. The number of hydrogen-bond acceptors (Lipinski definition) is 4.